The predicted octanol–water partition coefficient (Wildman–Crippen LogP) is 1.28. The minimum Gasteiger partial charge on any atom is -0.508 e. The summed E-state index contributed by atoms with van der Waals surface area (Å²) < 4.78 is 4.72. The van der Waals surface area contributed by atoms with Crippen molar-refractivity contribution in [3.63, 3.8) is 0 Å². The van der Waals surface area contributed by atoms with Gasteiger partial charge in [-0.2, -0.15) is 0 Å². The molecule has 2 unspecified atom stereocenters. The number of hydrogen-bond acceptors (Lipinski definition) is 6. The van der Waals surface area contributed by atoms with Gasteiger partial charge >= 0.3 is 0 Å². The maximum absolute atomic E-state index is 12.0. The van der Waals surface area contributed by atoms with Gasteiger partial charge in [0.1, 0.15) is 17.6 Å². The highest BCUT2D eigenvalue weighted by Gasteiger charge is 2.38. The summed E-state index contributed by atoms with van der Waals surface area (Å²) in [5, 5.41) is 39.8. The zero-order valence-corrected chi connectivity index (χ0v) is 11.4. The van der Waals surface area contributed by atoms with Crippen LogP contribution in [0.15, 0.2) is 53.5 Å². The second-order valence-corrected chi connectivity index (χ2v) is 4.75. The second kappa shape index (κ2) is 5.69. The zero-order valence-electron chi connectivity index (χ0n) is 11.4. The van der Waals surface area contributed by atoms with Crippen LogP contribution in [0.3, 0.4) is 0 Å². The molecular weight excluding hydrogens is 276 g/mol. The Kier molecular flexibility index (Phi) is 4.13. The average molecular weight is 292 g/mol. The molecule has 1 aliphatic carbocycles. The van der Waals surface area contributed by atoms with Crippen molar-refractivity contribution in [1.29, 1.82) is 0 Å². The van der Waals surface area contributed by atoms with Gasteiger partial charge in [-0.3, -0.25) is 4.79 Å². The van der Waals surface area contributed by atoms with Gasteiger partial charge in [0.15, 0.2) is 11.6 Å². The molecule has 0 spiro atoms. The lowest BCUT2D eigenvalue weighted by Gasteiger charge is -2.28. The Bertz CT molecular complexity index is 604. The molecule has 6 heteroatoms. The first-order chi connectivity index (χ1) is 9.88. The molecule has 6 nitrogen and oxygen atoms in total. The van der Waals surface area contributed by atoms with Crippen LogP contribution in [-0.2, 0) is 9.53 Å². The lowest BCUT2D eigenvalue weighted by atomic mass is 9.91. The number of carbonyl (C=O) groups excluding carboxylic acids is 1. The van der Waals surface area contributed by atoms with Gasteiger partial charge in [-0.05, 0) is 5.56 Å². The van der Waals surface area contributed by atoms with Crippen LogP contribution in [0.1, 0.15) is 18.1 Å². The minimum absolute atomic E-state index is 0.371. The van der Waals surface area contributed by atoms with Crippen LogP contribution in [0.4, 0.5) is 0 Å². The monoisotopic (exact) mass is 292 g/mol. The number of carbonyl (C=O) groups is 1. The number of Topliss-reactive ketones (excluding diaryl/α,β-unsaturated/α-hetero) is 1. The summed E-state index contributed by atoms with van der Waals surface area (Å²) in [7, 11) is 1.18. The normalized spacial score (nSPS) is 26.2. The first-order valence-corrected chi connectivity index (χ1v) is 6.27. The van der Waals surface area contributed by atoms with E-state index in [1.54, 1.807) is 30.3 Å². The molecule has 0 fully saturated rings. The largest absolute Gasteiger partial charge is 0.508 e. The van der Waals surface area contributed by atoms with Crippen molar-refractivity contribution < 1.29 is 30.0 Å². The van der Waals surface area contributed by atoms with E-state index in [-0.39, 0.29) is 0 Å². The molecule has 2 rings (SSSR count). The smallest absolute Gasteiger partial charge is 0.196 e. The topological polar surface area (TPSA) is 107 Å². The molecule has 0 radical (unpaired) electrons. The highest BCUT2D eigenvalue weighted by Crippen LogP contribution is 2.32. The van der Waals surface area contributed by atoms with E-state index >= 15 is 0 Å². The summed E-state index contributed by atoms with van der Waals surface area (Å²) in [6.45, 7) is 0. The molecule has 21 heavy (non-hydrogen) atoms. The summed E-state index contributed by atoms with van der Waals surface area (Å²) in [5.74, 6) is -3.95. The molecule has 1 aliphatic rings. The van der Waals surface area contributed by atoms with Crippen LogP contribution in [0.2, 0.25) is 0 Å². The third-order valence-electron chi connectivity index (χ3n) is 3.30. The zero-order chi connectivity index (χ0) is 15.6. The van der Waals surface area contributed by atoms with Crippen LogP contribution in [0.5, 0.6) is 0 Å². The molecule has 0 bridgehead atoms. The standard InChI is InChI=1S/C15H16O6/c1-21-15(20)7-10(16)12(11(17)8-15)14(19)13(18)9-5-3-2-4-6-9/h2-7,13,16,18-20H,8H2,1H3. The fourth-order valence-electron chi connectivity index (χ4n) is 2.13. The van der Waals surface area contributed by atoms with Gasteiger partial charge in [-0.25, -0.2) is 0 Å². The van der Waals surface area contributed by atoms with E-state index < -0.39 is 41.2 Å². The number of benzene rings is 1. The SMILES string of the molecule is COC1(O)C=C(O)C(=C(O)C(O)c2ccccc2)C(=O)C1. The first-order valence-electron chi connectivity index (χ1n) is 6.27. The summed E-state index contributed by atoms with van der Waals surface area (Å²) in [6.07, 6.45) is -0.999. The molecular formula is C15H16O6. The lowest BCUT2D eigenvalue weighted by molar-refractivity contribution is -0.162. The Morgan fingerprint density at radius 3 is 2.48 bits per heavy atom. The molecule has 0 aliphatic heterocycles. The van der Waals surface area contributed by atoms with E-state index in [1.165, 1.54) is 7.11 Å². The van der Waals surface area contributed by atoms with Gasteiger partial charge in [0.2, 0.25) is 0 Å². The number of ketones is 1. The third kappa shape index (κ3) is 2.97. The Morgan fingerprint density at radius 1 is 1.33 bits per heavy atom. The van der Waals surface area contributed by atoms with Gasteiger partial charge in [0, 0.05) is 13.2 Å². The van der Waals surface area contributed by atoms with Crippen LogP contribution in [0.25, 0.3) is 0 Å². The summed E-state index contributed by atoms with van der Waals surface area (Å²) in [6, 6.07) is 8.21. The van der Waals surface area contributed by atoms with Crippen molar-refractivity contribution in [1.82, 2.24) is 0 Å². The Labute approximate surface area is 121 Å². The third-order valence-corrected chi connectivity index (χ3v) is 3.30. The molecule has 0 saturated carbocycles. The molecule has 0 amide bonds. The average Bonchev–Trinajstić information content (AvgIpc) is 2.46. The fraction of sp³-hybridized carbons (Fsp3) is 0.267. The molecule has 2 atom stereocenters. The van der Waals surface area contributed by atoms with Crippen molar-refractivity contribution in [3.8, 4) is 0 Å². The van der Waals surface area contributed by atoms with Crippen LogP contribution < -0.4 is 0 Å². The van der Waals surface area contributed by atoms with E-state index in [1.807, 2.05) is 0 Å². The van der Waals surface area contributed by atoms with Gasteiger partial charge < -0.3 is 25.2 Å². The molecule has 1 aromatic carbocycles. The number of allylic oxidation sites excluding steroid dienone is 1. The van der Waals surface area contributed by atoms with Crippen LogP contribution in [0, 0.1) is 0 Å². The molecule has 0 heterocycles. The number of rotatable bonds is 3. The van der Waals surface area contributed by atoms with E-state index in [0.717, 1.165) is 6.08 Å². The summed E-state index contributed by atoms with van der Waals surface area (Å²) in [5.41, 5.74) is -0.0521. The van der Waals surface area contributed by atoms with Crippen LogP contribution in [-0.4, -0.2) is 39.1 Å². The Morgan fingerprint density at radius 2 is 1.95 bits per heavy atom. The van der Waals surface area contributed by atoms with Crippen molar-refractivity contribution in [2.75, 3.05) is 7.11 Å². The predicted molar refractivity (Wildman–Crippen MR) is 73.4 cm³/mol. The number of methoxy groups -OCH3 is 1. The van der Waals surface area contributed by atoms with Gasteiger partial charge in [-0.1, -0.05) is 30.3 Å². The van der Waals surface area contributed by atoms with Gasteiger partial charge in [-0.15, -0.1) is 0 Å². The van der Waals surface area contributed by atoms with Gasteiger partial charge in [0.25, 0.3) is 0 Å². The van der Waals surface area contributed by atoms with Gasteiger partial charge in [0.05, 0.1) is 12.0 Å². The highest BCUT2D eigenvalue weighted by molar-refractivity contribution is 6.01. The first kappa shape index (κ1) is 15.2. The molecule has 0 aromatic heterocycles. The maximum atomic E-state index is 12.0. The summed E-state index contributed by atoms with van der Waals surface area (Å²) >= 11 is 0. The second-order valence-electron chi connectivity index (χ2n) is 4.75. The van der Waals surface area contributed by atoms with Crippen molar-refractivity contribution in [2.24, 2.45) is 0 Å². The number of hydrogen-bond donors (Lipinski definition) is 4. The lowest BCUT2D eigenvalue weighted by Crippen LogP contribution is -2.37. The molecule has 4 N–H and O–H groups in total. The number of ether oxygens (including phenoxy) is 1. The molecule has 112 valence electrons. The van der Waals surface area contributed by atoms with E-state index in [2.05, 4.69) is 0 Å². The van der Waals surface area contributed by atoms with Crippen molar-refractivity contribution >= 4 is 5.78 Å². The van der Waals surface area contributed by atoms with E-state index in [0.29, 0.717) is 5.56 Å². The molecule has 1 aromatic rings. The fourth-order valence-corrected chi connectivity index (χ4v) is 2.13. The number of aliphatic hydroxyl groups is 4. The molecule has 0 saturated heterocycles. The minimum atomic E-state index is -1.91. The van der Waals surface area contributed by atoms with E-state index in [9.17, 15) is 25.2 Å². The van der Waals surface area contributed by atoms with Crippen molar-refractivity contribution in [3.05, 3.63) is 59.1 Å². The summed E-state index contributed by atoms with van der Waals surface area (Å²) in [4.78, 5) is 12.0. The quantitative estimate of drug-likeness (QED) is 0.380. The highest BCUT2D eigenvalue weighted by atomic mass is 16.6. The number of aliphatic hydroxyl groups excluding tert-OH is 3. The Balaban J connectivity index is 2.43. The Hall–Kier alpha value is -2.15. The van der Waals surface area contributed by atoms with Crippen LogP contribution >= 0.6 is 0 Å². The maximum Gasteiger partial charge on any atom is 0.196 e. The van der Waals surface area contributed by atoms with E-state index in [4.69, 9.17) is 4.74 Å². The van der Waals surface area contributed by atoms with Crippen molar-refractivity contribution in [2.45, 2.75) is 18.3 Å².